The Morgan fingerprint density at radius 3 is 1.45 bits per heavy atom. The number of unbranched alkanes of at least 4 members (excludes halogenated alkanes) is 4. The van der Waals surface area contributed by atoms with E-state index in [0.717, 1.165) is 58.4 Å². The lowest BCUT2D eigenvalue weighted by atomic mass is 10.2. The van der Waals surface area contributed by atoms with Gasteiger partial charge in [-0.1, -0.05) is 53.4 Å². The molecule has 3 nitrogen and oxygen atoms in total. The Bertz CT molecular complexity index is 240. The van der Waals surface area contributed by atoms with Crippen molar-refractivity contribution < 1.29 is 4.79 Å². The molecule has 0 aromatic carbocycles. The number of hydrogen-bond acceptors (Lipinski definition) is 2. The molecule has 0 rings (SSSR count). The highest BCUT2D eigenvalue weighted by atomic mass is 16.2. The summed E-state index contributed by atoms with van der Waals surface area (Å²) in [6.07, 6.45) is 10.2. The van der Waals surface area contributed by atoms with Crippen molar-refractivity contribution >= 4 is 5.91 Å². The second-order valence-corrected chi connectivity index (χ2v) is 6.39. The maximum Gasteiger partial charge on any atom is 0.223 e. The van der Waals surface area contributed by atoms with Gasteiger partial charge in [-0.3, -0.25) is 4.79 Å². The molecule has 0 spiro atoms. The van der Waals surface area contributed by atoms with E-state index in [0.29, 0.717) is 12.3 Å². The van der Waals surface area contributed by atoms with Crippen LogP contribution >= 0.6 is 0 Å². The monoisotopic (exact) mass is 312 g/mol. The predicted molar refractivity (Wildman–Crippen MR) is 97.3 cm³/mol. The Morgan fingerprint density at radius 1 is 0.636 bits per heavy atom. The third kappa shape index (κ3) is 11.1. The minimum atomic E-state index is 0.361. The normalized spacial score (nSPS) is 11.1. The minimum Gasteiger partial charge on any atom is -0.343 e. The molecule has 0 atom stereocenters. The summed E-state index contributed by atoms with van der Waals surface area (Å²) in [5.74, 6) is 0.361. The smallest absolute Gasteiger partial charge is 0.223 e. The number of nitrogens with zero attached hydrogens (tertiary/aromatic N) is 2. The van der Waals surface area contributed by atoms with Crippen molar-refractivity contribution in [2.75, 3.05) is 32.7 Å². The molecule has 3 heteroatoms. The molecule has 0 aliphatic carbocycles. The first kappa shape index (κ1) is 21.4. The van der Waals surface area contributed by atoms with Crippen molar-refractivity contribution in [3.05, 3.63) is 0 Å². The fourth-order valence-corrected chi connectivity index (χ4v) is 2.57. The molecule has 0 aromatic heterocycles. The molecule has 0 heterocycles. The third-order valence-electron chi connectivity index (χ3n) is 4.21. The largest absolute Gasteiger partial charge is 0.343 e. The van der Waals surface area contributed by atoms with Crippen molar-refractivity contribution in [2.24, 2.45) is 0 Å². The molecule has 132 valence electrons. The Kier molecular flexibility index (Phi) is 14.9. The van der Waals surface area contributed by atoms with Gasteiger partial charge < -0.3 is 9.80 Å². The van der Waals surface area contributed by atoms with Gasteiger partial charge in [-0.05, 0) is 38.8 Å². The molecule has 1 amide bonds. The molecule has 0 radical (unpaired) electrons. The molecule has 0 N–H and O–H groups in total. The van der Waals surface area contributed by atoms with Gasteiger partial charge in [-0.25, -0.2) is 0 Å². The van der Waals surface area contributed by atoms with Crippen LogP contribution in [0.15, 0.2) is 0 Å². The molecule has 0 unspecified atom stereocenters. The number of carbonyl (C=O) groups excluding carboxylic acids is 1. The van der Waals surface area contributed by atoms with E-state index in [1.807, 2.05) is 0 Å². The van der Waals surface area contributed by atoms with Crippen LogP contribution in [0.1, 0.15) is 85.5 Å². The van der Waals surface area contributed by atoms with Crippen LogP contribution in [0.4, 0.5) is 0 Å². The van der Waals surface area contributed by atoms with Crippen molar-refractivity contribution in [1.82, 2.24) is 9.80 Å². The molecule has 22 heavy (non-hydrogen) atoms. The van der Waals surface area contributed by atoms with Crippen LogP contribution in [-0.2, 0) is 4.79 Å². The van der Waals surface area contributed by atoms with Crippen LogP contribution in [0, 0.1) is 0 Å². The highest BCUT2D eigenvalue weighted by molar-refractivity contribution is 5.76. The lowest BCUT2D eigenvalue weighted by Gasteiger charge is -2.26. The van der Waals surface area contributed by atoms with Gasteiger partial charge >= 0.3 is 0 Å². The summed E-state index contributed by atoms with van der Waals surface area (Å²) < 4.78 is 0. The molecule has 0 aliphatic heterocycles. The summed E-state index contributed by atoms with van der Waals surface area (Å²) in [6, 6.07) is 0. The molecule has 0 aromatic rings. The van der Waals surface area contributed by atoms with Gasteiger partial charge in [0, 0.05) is 26.1 Å². The van der Waals surface area contributed by atoms with Gasteiger partial charge in [-0.15, -0.1) is 0 Å². The van der Waals surface area contributed by atoms with Gasteiger partial charge in [0.1, 0.15) is 0 Å². The van der Waals surface area contributed by atoms with Gasteiger partial charge in [0.25, 0.3) is 0 Å². The standard InChI is InChI=1S/C19H40N2O/c1-5-9-14-20(15-10-6-2)18-13-19(22)21(16-11-7-3)17-12-8-4/h5-18H2,1-4H3. The third-order valence-corrected chi connectivity index (χ3v) is 4.21. The first-order valence-electron chi connectivity index (χ1n) is 9.69. The molecule has 0 fully saturated rings. The Labute approximate surface area is 139 Å². The van der Waals surface area contributed by atoms with Crippen molar-refractivity contribution in [2.45, 2.75) is 85.5 Å². The zero-order valence-corrected chi connectivity index (χ0v) is 15.7. The second-order valence-electron chi connectivity index (χ2n) is 6.39. The molecule has 0 saturated carbocycles. The van der Waals surface area contributed by atoms with E-state index in [-0.39, 0.29) is 0 Å². The van der Waals surface area contributed by atoms with Crippen LogP contribution in [0.2, 0.25) is 0 Å². The number of hydrogen-bond donors (Lipinski definition) is 0. The quantitative estimate of drug-likeness (QED) is 0.437. The number of amides is 1. The van der Waals surface area contributed by atoms with Gasteiger partial charge in [-0.2, -0.15) is 0 Å². The van der Waals surface area contributed by atoms with Crippen LogP contribution in [0.5, 0.6) is 0 Å². The molecular formula is C19H40N2O. The van der Waals surface area contributed by atoms with E-state index in [2.05, 4.69) is 37.5 Å². The zero-order valence-electron chi connectivity index (χ0n) is 15.7. The second kappa shape index (κ2) is 15.3. The zero-order chi connectivity index (χ0) is 16.6. The van der Waals surface area contributed by atoms with E-state index in [9.17, 15) is 4.79 Å². The van der Waals surface area contributed by atoms with Crippen LogP contribution in [0.3, 0.4) is 0 Å². The van der Waals surface area contributed by atoms with E-state index in [1.165, 1.54) is 25.7 Å². The summed E-state index contributed by atoms with van der Waals surface area (Å²) in [5, 5.41) is 0. The summed E-state index contributed by atoms with van der Waals surface area (Å²) in [4.78, 5) is 17.1. The van der Waals surface area contributed by atoms with Crippen molar-refractivity contribution in [1.29, 1.82) is 0 Å². The lowest BCUT2D eigenvalue weighted by Crippen LogP contribution is -2.36. The Morgan fingerprint density at radius 2 is 1.05 bits per heavy atom. The number of rotatable bonds is 15. The Hall–Kier alpha value is -0.570. The highest BCUT2D eigenvalue weighted by Crippen LogP contribution is 2.05. The van der Waals surface area contributed by atoms with Crippen LogP contribution < -0.4 is 0 Å². The molecule has 0 aliphatic rings. The average molecular weight is 313 g/mol. The maximum atomic E-state index is 12.5. The van der Waals surface area contributed by atoms with Crippen molar-refractivity contribution in [3.63, 3.8) is 0 Å². The predicted octanol–water partition coefficient (Wildman–Crippen LogP) is 4.71. The summed E-state index contributed by atoms with van der Waals surface area (Å²) in [5.41, 5.74) is 0. The maximum absolute atomic E-state index is 12.5. The first-order chi connectivity index (χ1) is 10.7. The van der Waals surface area contributed by atoms with Gasteiger partial charge in [0.15, 0.2) is 0 Å². The minimum absolute atomic E-state index is 0.361. The topological polar surface area (TPSA) is 23.6 Å². The van der Waals surface area contributed by atoms with Gasteiger partial charge in [0.2, 0.25) is 5.91 Å². The Balaban J connectivity index is 4.27. The number of carbonyl (C=O) groups is 1. The summed E-state index contributed by atoms with van der Waals surface area (Å²) >= 11 is 0. The van der Waals surface area contributed by atoms with Crippen LogP contribution in [0.25, 0.3) is 0 Å². The molecular weight excluding hydrogens is 272 g/mol. The highest BCUT2D eigenvalue weighted by Gasteiger charge is 2.14. The summed E-state index contributed by atoms with van der Waals surface area (Å²) in [7, 11) is 0. The van der Waals surface area contributed by atoms with Crippen LogP contribution in [-0.4, -0.2) is 48.4 Å². The lowest BCUT2D eigenvalue weighted by molar-refractivity contribution is -0.131. The van der Waals surface area contributed by atoms with E-state index >= 15 is 0 Å². The molecule has 0 saturated heterocycles. The van der Waals surface area contributed by atoms with E-state index in [1.54, 1.807) is 0 Å². The molecule has 0 bridgehead atoms. The first-order valence-corrected chi connectivity index (χ1v) is 9.69. The fraction of sp³-hybridized carbons (Fsp3) is 0.947. The fourth-order valence-electron chi connectivity index (χ4n) is 2.57. The van der Waals surface area contributed by atoms with Crippen molar-refractivity contribution in [3.8, 4) is 0 Å². The average Bonchev–Trinajstić information content (AvgIpc) is 2.54. The van der Waals surface area contributed by atoms with E-state index in [4.69, 9.17) is 0 Å². The summed E-state index contributed by atoms with van der Waals surface area (Å²) in [6.45, 7) is 14.0. The van der Waals surface area contributed by atoms with E-state index < -0.39 is 0 Å². The van der Waals surface area contributed by atoms with Gasteiger partial charge in [0.05, 0.1) is 0 Å². The SMILES string of the molecule is CCCCN(CCCC)CCC(=O)N(CCCC)CCCC.